The molecule has 1 aromatic heterocycles. The van der Waals surface area contributed by atoms with Crippen LogP contribution in [0.25, 0.3) is 10.9 Å². The Kier molecular flexibility index (Phi) is 6.35. The van der Waals surface area contributed by atoms with Crippen LogP contribution in [-0.4, -0.2) is 39.4 Å². The Morgan fingerprint density at radius 3 is 2.69 bits per heavy atom. The summed E-state index contributed by atoms with van der Waals surface area (Å²) in [5, 5.41) is 15.2. The zero-order chi connectivity index (χ0) is 24.7. The average Bonchev–Trinajstić information content (AvgIpc) is 3.39. The van der Waals surface area contributed by atoms with Crippen molar-refractivity contribution in [3.05, 3.63) is 74.8 Å². The Bertz CT molecular complexity index is 1450. The molecule has 1 fully saturated rings. The van der Waals surface area contributed by atoms with Gasteiger partial charge in [0.05, 0.1) is 21.3 Å². The molecule has 0 bridgehead atoms. The Balaban J connectivity index is 1.56. The van der Waals surface area contributed by atoms with Crippen LogP contribution in [0.3, 0.4) is 0 Å². The fourth-order valence-electron chi connectivity index (χ4n) is 4.77. The van der Waals surface area contributed by atoms with Gasteiger partial charge in [0.1, 0.15) is 23.1 Å². The first-order chi connectivity index (χ1) is 16.9. The molecular weight excluding hydrogens is 488 g/mol. The number of nitrogens with zero attached hydrogens (tertiary/aromatic N) is 5. The quantitative estimate of drug-likeness (QED) is 0.474. The van der Waals surface area contributed by atoms with Crippen LogP contribution in [0.2, 0.25) is 5.02 Å². The van der Waals surface area contributed by atoms with E-state index < -0.39 is 11.7 Å². The Morgan fingerprint density at radius 2 is 1.97 bits per heavy atom. The molecule has 35 heavy (non-hydrogen) atoms. The fraction of sp³-hybridized carbons (Fsp3) is 0.308. The smallest absolute Gasteiger partial charge is 0.273 e. The summed E-state index contributed by atoms with van der Waals surface area (Å²) in [5.74, 6) is -1.30. The van der Waals surface area contributed by atoms with Crippen molar-refractivity contribution >= 4 is 45.7 Å². The minimum absolute atomic E-state index is 0.0543. The van der Waals surface area contributed by atoms with E-state index in [2.05, 4.69) is 10.1 Å². The third-order valence-corrected chi connectivity index (χ3v) is 7.23. The molecule has 5 rings (SSSR count). The minimum atomic E-state index is -0.641. The van der Waals surface area contributed by atoms with Crippen LogP contribution < -0.4 is 0 Å². The van der Waals surface area contributed by atoms with Crippen LogP contribution in [0.15, 0.2) is 52.3 Å². The summed E-state index contributed by atoms with van der Waals surface area (Å²) in [4.78, 5) is 19.7. The molecule has 0 saturated carbocycles. The molecule has 3 aromatic rings. The van der Waals surface area contributed by atoms with Gasteiger partial charge in [-0.3, -0.25) is 9.48 Å². The van der Waals surface area contributed by atoms with E-state index in [4.69, 9.17) is 28.5 Å². The number of fused-ring (bicyclic) bond motifs is 1. The number of amides is 1. The molecule has 9 heteroatoms. The van der Waals surface area contributed by atoms with Crippen molar-refractivity contribution in [3.63, 3.8) is 0 Å². The van der Waals surface area contributed by atoms with Gasteiger partial charge in [-0.1, -0.05) is 29.3 Å². The second-order valence-electron chi connectivity index (χ2n) is 8.93. The predicted octanol–water partition coefficient (Wildman–Crippen LogP) is 5.36. The van der Waals surface area contributed by atoms with Gasteiger partial charge in [0.2, 0.25) is 0 Å². The molecule has 3 heterocycles. The molecule has 2 aromatic carbocycles. The van der Waals surface area contributed by atoms with E-state index in [1.165, 1.54) is 12.1 Å². The molecule has 1 saturated heterocycles. The molecule has 0 N–H and O–H groups in total. The van der Waals surface area contributed by atoms with Crippen LogP contribution in [-0.2, 0) is 18.3 Å². The first-order valence-electron chi connectivity index (χ1n) is 11.4. The molecule has 2 aliphatic heterocycles. The number of benzene rings is 2. The highest BCUT2D eigenvalue weighted by Gasteiger charge is 2.35. The highest BCUT2D eigenvalue weighted by molar-refractivity contribution is 6.36. The van der Waals surface area contributed by atoms with E-state index >= 15 is 0 Å². The number of hydrogen-bond donors (Lipinski definition) is 0. The van der Waals surface area contributed by atoms with E-state index in [9.17, 15) is 9.18 Å². The van der Waals surface area contributed by atoms with Crippen LogP contribution in [0.5, 0.6) is 0 Å². The lowest BCUT2D eigenvalue weighted by Crippen LogP contribution is -2.36. The van der Waals surface area contributed by atoms with Gasteiger partial charge < -0.3 is 4.90 Å². The van der Waals surface area contributed by atoms with Crippen molar-refractivity contribution in [2.75, 3.05) is 13.1 Å². The van der Waals surface area contributed by atoms with Gasteiger partial charge in [0, 0.05) is 37.6 Å². The van der Waals surface area contributed by atoms with Gasteiger partial charge in [0.25, 0.3) is 5.91 Å². The van der Waals surface area contributed by atoms with E-state index in [0.29, 0.717) is 46.4 Å². The molecule has 2 aliphatic rings. The molecule has 6 nitrogen and oxygen atoms in total. The second kappa shape index (κ2) is 9.44. The third-order valence-electron chi connectivity index (χ3n) is 6.50. The lowest BCUT2D eigenvalue weighted by molar-refractivity contribution is -0.128. The van der Waals surface area contributed by atoms with Crippen molar-refractivity contribution in [2.45, 2.75) is 25.7 Å². The number of allylic oxidation sites excluding steroid dienone is 1. The number of rotatable bonds is 4. The Morgan fingerprint density at radius 1 is 1.20 bits per heavy atom. The number of nitriles is 1. The van der Waals surface area contributed by atoms with Crippen molar-refractivity contribution in [1.82, 2.24) is 14.7 Å². The summed E-state index contributed by atoms with van der Waals surface area (Å²) in [6.07, 6.45) is 5.28. The van der Waals surface area contributed by atoms with Gasteiger partial charge in [-0.05, 0) is 61.1 Å². The molecule has 1 atom stereocenters. The van der Waals surface area contributed by atoms with E-state index in [1.807, 2.05) is 31.4 Å². The highest BCUT2D eigenvalue weighted by atomic mass is 35.5. The maximum absolute atomic E-state index is 14.5. The van der Waals surface area contributed by atoms with Crippen LogP contribution in [0.4, 0.5) is 4.39 Å². The largest absolute Gasteiger partial charge is 0.337 e. The zero-order valence-electron chi connectivity index (χ0n) is 19.1. The topological polar surface area (TPSA) is 74.3 Å². The Hall–Kier alpha value is -3.21. The minimum Gasteiger partial charge on any atom is -0.337 e. The molecule has 178 valence electrons. The second-order valence-corrected chi connectivity index (χ2v) is 9.74. The molecular formula is C26H22Cl2FN5O. The predicted molar refractivity (Wildman–Crippen MR) is 134 cm³/mol. The van der Waals surface area contributed by atoms with Crippen molar-refractivity contribution < 1.29 is 9.18 Å². The van der Waals surface area contributed by atoms with Crippen molar-refractivity contribution in [3.8, 4) is 6.07 Å². The number of aryl methyl sites for hydroxylation is 1. The number of piperidine rings is 1. The van der Waals surface area contributed by atoms with Crippen molar-refractivity contribution in [1.29, 1.82) is 5.26 Å². The number of carbonyl (C=O) groups excluding carboxylic acids is 1. The summed E-state index contributed by atoms with van der Waals surface area (Å²) in [7, 11) is 1.83. The molecule has 0 spiro atoms. The van der Waals surface area contributed by atoms with Crippen LogP contribution >= 0.6 is 23.2 Å². The molecule has 0 aliphatic carbocycles. The third kappa shape index (κ3) is 4.44. The van der Waals surface area contributed by atoms with Gasteiger partial charge in [-0.15, -0.1) is 0 Å². The number of carbonyl (C=O) groups is 1. The van der Waals surface area contributed by atoms with E-state index in [0.717, 1.165) is 30.2 Å². The summed E-state index contributed by atoms with van der Waals surface area (Å²) >= 11 is 13.3. The first kappa shape index (κ1) is 23.5. The number of likely N-dealkylation sites (tertiary alicyclic amines) is 1. The summed E-state index contributed by atoms with van der Waals surface area (Å²) in [5.41, 5.74) is 2.73. The number of halogens is 3. The number of aromatic nitrogens is 2. The average molecular weight is 510 g/mol. The normalized spacial score (nSPS) is 18.2. The van der Waals surface area contributed by atoms with Crippen LogP contribution in [0, 0.1) is 23.1 Å². The van der Waals surface area contributed by atoms with Gasteiger partial charge in [-0.25, -0.2) is 9.38 Å². The Labute approximate surface area is 212 Å². The monoisotopic (exact) mass is 509 g/mol. The first-order valence-corrected chi connectivity index (χ1v) is 12.2. The summed E-state index contributed by atoms with van der Waals surface area (Å²) < 4.78 is 16.2. The van der Waals surface area contributed by atoms with Crippen LogP contribution in [0.1, 0.15) is 36.0 Å². The molecule has 1 unspecified atom stereocenters. The standard InChI is InChI=1S/C26H22Cl2FN5O/c1-33-14-18-9-15(11-20(27)24(18)32-33)10-19-22(28)25(26(35)34-7-3-2-4-8-34)31-23(19)16-5-6-17(13-30)21(29)12-16/h5-6,9,11-12,14,19H,2-4,7-8,10H2,1H3. The lowest BCUT2D eigenvalue weighted by Gasteiger charge is -2.26. The summed E-state index contributed by atoms with van der Waals surface area (Å²) in [6.45, 7) is 1.33. The summed E-state index contributed by atoms with van der Waals surface area (Å²) in [6, 6.07) is 9.99. The number of aliphatic imine (C=N–C) groups is 1. The van der Waals surface area contributed by atoms with Gasteiger partial charge in [-0.2, -0.15) is 10.4 Å². The lowest BCUT2D eigenvalue weighted by atomic mass is 9.90. The molecule has 0 radical (unpaired) electrons. The van der Waals surface area contributed by atoms with Gasteiger partial charge >= 0.3 is 0 Å². The maximum atomic E-state index is 14.5. The highest BCUT2D eigenvalue weighted by Crippen LogP contribution is 2.37. The van der Waals surface area contributed by atoms with E-state index in [1.54, 1.807) is 15.6 Å². The van der Waals surface area contributed by atoms with Crippen molar-refractivity contribution in [2.24, 2.45) is 18.0 Å². The van der Waals surface area contributed by atoms with E-state index in [-0.39, 0.29) is 17.2 Å². The SMILES string of the molecule is Cn1cc2cc(CC3C(c4ccc(C#N)c(F)c4)=NC(C(=O)N4CCCCC4)=C3Cl)cc(Cl)c2n1. The number of hydrogen-bond acceptors (Lipinski definition) is 4. The molecule has 1 amide bonds. The van der Waals surface area contributed by atoms with Gasteiger partial charge in [0.15, 0.2) is 0 Å². The fourth-order valence-corrected chi connectivity index (χ4v) is 5.37. The zero-order valence-corrected chi connectivity index (χ0v) is 20.6. The maximum Gasteiger partial charge on any atom is 0.273 e.